The van der Waals surface area contributed by atoms with Gasteiger partial charge in [-0.1, -0.05) is 42.5 Å². The minimum Gasteiger partial charge on any atom is -0.383 e. The van der Waals surface area contributed by atoms with Crippen LogP contribution < -0.4 is 10.6 Å². The molecular weight excluding hydrogens is 409 g/mol. The molecule has 0 spiro atoms. The Balaban J connectivity index is 2.05. The maximum absolute atomic E-state index is 14.5. The van der Waals surface area contributed by atoms with Crippen molar-refractivity contribution in [3.8, 4) is 0 Å². The number of Topliss-reactive ketones (excluding diaryl/α,β-unsaturated/α-hetero) is 1. The monoisotopic (exact) mass is 441 g/mol. The molecule has 32 heavy (non-hydrogen) atoms. The van der Waals surface area contributed by atoms with Crippen LogP contribution in [0.15, 0.2) is 48.5 Å². The van der Waals surface area contributed by atoms with Crippen molar-refractivity contribution in [2.75, 3.05) is 39.9 Å². The van der Waals surface area contributed by atoms with Crippen LogP contribution in [0.4, 0.5) is 9.18 Å². The van der Waals surface area contributed by atoms with E-state index in [0.29, 0.717) is 43.9 Å². The molecule has 1 saturated heterocycles. The van der Waals surface area contributed by atoms with Crippen LogP contribution in [0.1, 0.15) is 34.3 Å². The number of ether oxygens (including phenoxy) is 1. The zero-order valence-corrected chi connectivity index (χ0v) is 18.9. The highest BCUT2D eigenvalue weighted by molar-refractivity contribution is 5.98. The average Bonchev–Trinajstić information content (AvgIpc) is 2.79. The van der Waals surface area contributed by atoms with Crippen molar-refractivity contribution in [3.63, 3.8) is 0 Å². The Bertz CT molecular complexity index is 922. The summed E-state index contributed by atoms with van der Waals surface area (Å²) in [5, 5.41) is 5.82. The topological polar surface area (TPSA) is 70.7 Å². The van der Waals surface area contributed by atoms with Crippen LogP contribution in [0.3, 0.4) is 0 Å². The number of piperidine rings is 1. The summed E-state index contributed by atoms with van der Waals surface area (Å²) in [6, 6.07) is 13.4. The molecule has 3 atom stereocenters. The van der Waals surface area contributed by atoms with Gasteiger partial charge in [-0.05, 0) is 31.0 Å². The van der Waals surface area contributed by atoms with E-state index in [4.69, 9.17) is 4.74 Å². The molecule has 0 unspecified atom stereocenters. The van der Waals surface area contributed by atoms with E-state index in [0.717, 1.165) is 5.56 Å². The molecular formula is C25H32FN3O3. The lowest BCUT2D eigenvalue weighted by atomic mass is 9.72. The number of nitrogens with zero attached hydrogens (tertiary/aromatic N) is 1. The SMILES string of the molecule is CCNC(=O)N[C@@H]1CN(CCOC)C[C@H](C(=O)c2ccccc2)[C@@H]1c1cccc(F)c1C. The zero-order chi connectivity index (χ0) is 23.1. The lowest BCUT2D eigenvalue weighted by Crippen LogP contribution is -2.58. The molecule has 1 fully saturated rings. The largest absolute Gasteiger partial charge is 0.383 e. The minimum atomic E-state index is -0.449. The second-order valence-corrected chi connectivity index (χ2v) is 8.18. The quantitative estimate of drug-likeness (QED) is 0.617. The van der Waals surface area contributed by atoms with E-state index >= 15 is 0 Å². The Morgan fingerprint density at radius 3 is 2.56 bits per heavy atom. The van der Waals surface area contributed by atoms with E-state index in [2.05, 4.69) is 15.5 Å². The molecule has 1 aliphatic heterocycles. The van der Waals surface area contributed by atoms with Gasteiger partial charge in [0.1, 0.15) is 5.82 Å². The maximum Gasteiger partial charge on any atom is 0.315 e. The van der Waals surface area contributed by atoms with Crippen LogP contribution in [0, 0.1) is 18.7 Å². The second-order valence-electron chi connectivity index (χ2n) is 8.18. The minimum absolute atomic E-state index is 0.0101. The lowest BCUT2D eigenvalue weighted by molar-refractivity contribution is 0.0638. The zero-order valence-electron chi connectivity index (χ0n) is 18.9. The number of hydrogen-bond donors (Lipinski definition) is 2. The Kier molecular flexibility index (Phi) is 8.36. The molecule has 0 radical (unpaired) electrons. The van der Waals surface area contributed by atoms with Crippen LogP contribution >= 0.6 is 0 Å². The summed E-state index contributed by atoms with van der Waals surface area (Å²) in [4.78, 5) is 28.3. The van der Waals surface area contributed by atoms with E-state index in [1.165, 1.54) is 6.07 Å². The Morgan fingerprint density at radius 2 is 1.88 bits per heavy atom. The summed E-state index contributed by atoms with van der Waals surface area (Å²) in [6.45, 7) is 6.27. The van der Waals surface area contributed by atoms with Crippen molar-refractivity contribution in [1.29, 1.82) is 0 Å². The number of nitrogens with one attached hydrogen (secondary N) is 2. The molecule has 0 aromatic heterocycles. The van der Waals surface area contributed by atoms with Gasteiger partial charge in [-0.25, -0.2) is 9.18 Å². The summed E-state index contributed by atoms with van der Waals surface area (Å²) in [5.41, 5.74) is 1.88. The average molecular weight is 442 g/mol. The van der Waals surface area contributed by atoms with Crippen LogP contribution in [-0.2, 0) is 4.74 Å². The fourth-order valence-corrected chi connectivity index (χ4v) is 4.54. The number of urea groups is 1. The molecule has 3 rings (SSSR count). The predicted octanol–water partition coefficient (Wildman–Crippen LogP) is 3.37. The smallest absolute Gasteiger partial charge is 0.315 e. The second kappa shape index (κ2) is 11.2. The van der Waals surface area contributed by atoms with Gasteiger partial charge in [0.05, 0.1) is 12.6 Å². The van der Waals surface area contributed by atoms with E-state index in [1.54, 1.807) is 32.2 Å². The van der Waals surface area contributed by atoms with E-state index in [9.17, 15) is 14.0 Å². The highest BCUT2D eigenvalue weighted by Crippen LogP contribution is 2.37. The highest BCUT2D eigenvalue weighted by Gasteiger charge is 2.43. The molecule has 0 saturated carbocycles. The number of likely N-dealkylation sites (tertiary alicyclic amines) is 1. The number of ketones is 1. The predicted molar refractivity (Wildman–Crippen MR) is 122 cm³/mol. The van der Waals surface area contributed by atoms with Gasteiger partial charge in [0, 0.05) is 50.7 Å². The van der Waals surface area contributed by atoms with Crippen molar-refractivity contribution in [2.24, 2.45) is 5.92 Å². The first-order chi connectivity index (χ1) is 15.5. The number of rotatable bonds is 8. The van der Waals surface area contributed by atoms with Gasteiger partial charge < -0.3 is 15.4 Å². The number of carbonyl (C=O) groups is 2. The van der Waals surface area contributed by atoms with E-state index in [1.807, 2.05) is 31.2 Å². The van der Waals surface area contributed by atoms with Crippen molar-refractivity contribution in [3.05, 3.63) is 71.0 Å². The fraction of sp³-hybridized carbons (Fsp3) is 0.440. The summed E-state index contributed by atoms with van der Waals surface area (Å²) in [5.74, 6) is -1.13. The first-order valence-electron chi connectivity index (χ1n) is 11.1. The molecule has 0 aliphatic carbocycles. The van der Waals surface area contributed by atoms with Crippen molar-refractivity contribution < 1.29 is 18.7 Å². The first kappa shape index (κ1) is 23.9. The maximum atomic E-state index is 14.5. The molecule has 1 heterocycles. The van der Waals surface area contributed by atoms with Crippen LogP contribution in [0.5, 0.6) is 0 Å². The van der Waals surface area contributed by atoms with Gasteiger partial charge in [-0.2, -0.15) is 0 Å². The Morgan fingerprint density at radius 1 is 1.12 bits per heavy atom. The molecule has 2 aromatic rings. The van der Waals surface area contributed by atoms with Gasteiger partial charge in [-0.15, -0.1) is 0 Å². The normalized spacial score (nSPS) is 21.2. The van der Waals surface area contributed by atoms with Gasteiger partial charge in [-0.3, -0.25) is 9.69 Å². The number of amides is 2. The summed E-state index contributed by atoms with van der Waals surface area (Å²) >= 11 is 0. The molecule has 6 nitrogen and oxygen atoms in total. The molecule has 1 aliphatic rings. The molecule has 7 heteroatoms. The number of benzene rings is 2. The first-order valence-corrected chi connectivity index (χ1v) is 11.1. The highest BCUT2D eigenvalue weighted by atomic mass is 19.1. The van der Waals surface area contributed by atoms with E-state index < -0.39 is 5.92 Å². The van der Waals surface area contributed by atoms with Crippen LogP contribution in [-0.4, -0.2) is 62.7 Å². The fourth-order valence-electron chi connectivity index (χ4n) is 4.54. The lowest BCUT2D eigenvalue weighted by Gasteiger charge is -2.44. The van der Waals surface area contributed by atoms with Crippen molar-refractivity contribution in [1.82, 2.24) is 15.5 Å². The number of hydrogen-bond acceptors (Lipinski definition) is 4. The van der Waals surface area contributed by atoms with Crippen molar-refractivity contribution in [2.45, 2.75) is 25.8 Å². The third kappa shape index (κ3) is 5.53. The third-order valence-electron chi connectivity index (χ3n) is 6.11. The standard InChI is InChI=1S/C25H32FN3O3/c1-4-27-25(31)28-22-16-29(13-14-32-3)15-20(24(30)18-9-6-5-7-10-18)23(22)19-11-8-12-21(26)17(19)2/h5-12,20,22-23H,4,13-16H2,1-3H3,(H2,27,28,31)/t20-,22+,23-/m0/s1. The van der Waals surface area contributed by atoms with Crippen molar-refractivity contribution >= 4 is 11.8 Å². The number of methoxy groups -OCH3 is 1. The van der Waals surface area contributed by atoms with Crippen LogP contribution in [0.2, 0.25) is 0 Å². The Hall–Kier alpha value is -2.77. The Labute approximate surface area is 189 Å². The van der Waals surface area contributed by atoms with Gasteiger partial charge >= 0.3 is 6.03 Å². The van der Waals surface area contributed by atoms with Gasteiger partial charge in [0.15, 0.2) is 5.78 Å². The molecule has 2 aromatic carbocycles. The molecule has 2 amide bonds. The summed E-state index contributed by atoms with van der Waals surface area (Å²) < 4.78 is 19.8. The molecule has 0 bridgehead atoms. The van der Waals surface area contributed by atoms with Gasteiger partial charge in [0.25, 0.3) is 0 Å². The number of carbonyl (C=O) groups excluding carboxylic acids is 2. The van der Waals surface area contributed by atoms with Crippen LogP contribution in [0.25, 0.3) is 0 Å². The summed E-state index contributed by atoms with van der Waals surface area (Å²) in [6.07, 6.45) is 0. The number of halogens is 1. The summed E-state index contributed by atoms with van der Waals surface area (Å²) in [7, 11) is 1.64. The molecule has 2 N–H and O–H groups in total. The van der Waals surface area contributed by atoms with Gasteiger partial charge in [0.2, 0.25) is 0 Å². The molecule has 172 valence electrons. The third-order valence-corrected chi connectivity index (χ3v) is 6.11. The van der Waals surface area contributed by atoms with E-state index in [-0.39, 0.29) is 29.6 Å².